The molecule has 0 radical (unpaired) electrons. The van der Waals surface area contributed by atoms with Crippen molar-refractivity contribution >= 4 is 0 Å². The van der Waals surface area contributed by atoms with Crippen LogP contribution in [0.3, 0.4) is 0 Å². The number of nitrogens with zero attached hydrogens (tertiary/aromatic N) is 1. The summed E-state index contributed by atoms with van der Waals surface area (Å²) in [5, 5.41) is 9.99. The Morgan fingerprint density at radius 1 is 1.24 bits per heavy atom. The molecule has 0 saturated carbocycles. The molecular weight excluding hydrogens is 214 g/mol. The predicted octanol–water partition coefficient (Wildman–Crippen LogP) is 2.53. The Morgan fingerprint density at radius 3 is 2.82 bits per heavy atom. The van der Waals surface area contributed by atoms with Crippen molar-refractivity contribution in [3.63, 3.8) is 0 Å². The summed E-state index contributed by atoms with van der Waals surface area (Å²) in [6.45, 7) is 5.16. The minimum atomic E-state index is -0.0897. The Bertz CT molecular complexity index is 232. The Hall–Kier alpha value is -0.120. The second kappa shape index (κ2) is 6.17. The molecule has 0 spiro atoms. The summed E-state index contributed by atoms with van der Waals surface area (Å²) in [4.78, 5) is 2.50. The van der Waals surface area contributed by atoms with Crippen molar-refractivity contribution in [2.24, 2.45) is 0 Å². The van der Waals surface area contributed by atoms with Gasteiger partial charge in [0.1, 0.15) is 0 Å². The molecule has 0 aromatic rings. The molecule has 0 unspecified atom stereocenters. The number of aliphatic hydroxyl groups excluding tert-OH is 1. The first-order chi connectivity index (χ1) is 8.20. The summed E-state index contributed by atoms with van der Waals surface area (Å²) >= 11 is 0. The van der Waals surface area contributed by atoms with Gasteiger partial charge in [0.2, 0.25) is 0 Å². The molecule has 2 rings (SSSR count). The molecule has 100 valence electrons. The molecule has 3 nitrogen and oxygen atoms in total. The van der Waals surface area contributed by atoms with Gasteiger partial charge in [-0.15, -0.1) is 0 Å². The molecule has 3 heteroatoms. The van der Waals surface area contributed by atoms with Crippen LogP contribution in [0.15, 0.2) is 0 Å². The van der Waals surface area contributed by atoms with Gasteiger partial charge in [0, 0.05) is 12.1 Å². The van der Waals surface area contributed by atoms with E-state index in [0.29, 0.717) is 18.2 Å². The summed E-state index contributed by atoms with van der Waals surface area (Å²) < 4.78 is 5.76. The Labute approximate surface area is 105 Å². The molecule has 2 saturated heterocycles. The highest BCUT2D eigenvalue weighted by Gasteiger charge is 2.37. The molecule has 0 aliphatic carbocycles. The van der Waals surface area contributed by atoms with E-state index < -0.39 is 0 Å². The van der Waals surface area contributed by atoms with Crippen molar-refractivity contribution < 1.29 is 9.84 Å². The van der Waals surface area contributed by atoms with Gasteiger partial charge in [-0.05, 0) is 32.6 Å². The fraction of sp³-hybridized carbons (Fsp3) is 1.00. The first-order valence-electron chi connectivity index (χ1n) is 7.26. The lowest BCUT2D eigenvalue weighted by molar-refractivity contribution is -0.139. The molecule has 2 fully saturated rings. The topological polar surface area (TPSA) is 32.7 Å². The van der Waals surface area contributed by atoms with E-state index in [9.17, 15) is 5.11 Å². The first-order valence-corrected chi connectivity index (χ1v) is 7.26. The molecular formula is C14H27NO2. The maximum atomic E-state index is 9.99. The van der Waals surface area contributed by atoms with Crippen molar-refractivity contribution in [1.29, 1.82) is 0 Å². The van der Waals surface area contributed by atoms with Crippen molar-refractivity contribution in [3.05, 3.63) is 0 Å². The lowest BCUT2D eigenvalue weighted by Crippen LogP contribution is -2.55. The highest BCUT2D eigenvalue weighted by molar-refractivity contribution is 4.90. The Kier molecular flexibility index (Phi) is 4.83. The second-order valence-electron chi connectivity index (χ2n) is 5.78. The van der Waals surface area contributed by atoms with E-state index in [1.54, 1.807) is 0 Å². The molecule has 0 bridgehead atoms. The highest BCUT2D eigenvalue weighted by Crippen LogP contribution is 2.32. The van der Waals surface area contributed by atoms with Crippen molar-refractivity contribution in [2.45, 2.75) is 83.1 Å². The molecule has 0 aromatic heterocycles. The predicted molar refractivity (Wildman–Crippen MR) is 68.8 cm³/mol. The van der Waals surface area contributed by atoms with Crippen LogP contribution in [0.4, 0.5) is 0 Å². The van der Waals surface area contributed by atoms with Gasteiger partial charge in [-0.25, -0.2) is 0 Å². The molecule has 2 aliphatic rings. The number of fused-ring (bicyclic) bond motifs is 1. The van der Waals surface area contributed by atoms with E-state index in [-0.39, 0.29) is 6.10 Å². The van der Waals surface area contributed by atoms with Gasteiger partial charge in [0.05, 0.1) is 18.9 Å². The Balaban J connectivity index is 1.90. The lowest BCUT2D eigenvalue weighted by Gasteiger charge is -2.48. The quantitative estimate of drug-likeness (QED) is 0.768. The Morgan fingerprint density at radius 2 is 2.06 bits per heavy atom. The van der Waals surface area contributed by atoms with Gasteiger partial charge in [0.15, 0.2) is 0 Å². The maximum absolute atomic E-state index is 9.99. The van der Waals surface area contributed by atoms with Gasteiger partial charge in [-0.3, -0.25) is 4.90 Å². The third kappa shape index (κ3) is 3.43. The number of aliphatic hydroxyl groups is 1. The number of hydrogen-bond acceptors (Lipinski definition) is 3. The molecule has 2 aliphatic heterocycles. The largest absolute Gasteiger partial charge is 0.393 e. The van der Waals surface area contributed by atoms with Crippen molar-refractivity contribution in [1.82, 2.24) is 4.90 Å². The smallest absolute Gasteiger partial charge is 0.0998 e. The van der Waals surface area contributed by atoms with Gasteiger partial charge in [-0.2, -0.15) is 0 Å². The van der Waals surface area contributed by atoms with E-state index in [4.69, 9.17) is 4.74 Å². The monoisotopic (exact) mass is 241 g/mol. The van der Waals surface area contributed by atoms with Gasteiger partial charge in [-0.1, -0.05) is 26.2 Å². The summed E-state index contributed by atoms with van der Waals surface area (Å²) in [7, 11) is 0. The molecule has 0 amide bonds. The number of rotatable bonds is 4. The fourth-order valence-electron chi connectivity index (χ4n) is 3.31. The summed E-state index contributed by atoms with van der Waals surface area (Å²) in [5.74, 6) is 0. The van der Waals surface area contributed by atoms with E-state index in [1.165, 1.54) is 25.7 Å². The number of piperidine rings is 1. The maximum Gasteiger partial charge on any atom is 0.0998 e. The summed E-state index contributed by atoms with van der Waals surface area (Å²) in [6.07, 6.45) is 8.32. The van der Waals surface area contributed by atoms with Crippen LogP contribution in [0.2, 0.25) is 0 Å². The highest BCUT2D eigenvalue weighted by atomic mass is 16.5. The van der Waals surface area contributed by atoms with E-state index in [2.05, 4.69) is 18.7 Å². The third-order valence-electron chi connectivity index (χ3n) is 4.28. The van der Waals surface area contributed by atoms with Crippen LogP contribution in [-0.2, 0) is 4.74 Å². The zero-order valence-electron chi connectivity index (χ0n) is 11.3. The number of ether oxygens (including phenoxy) is 1. The summed E-state index contributed by atoms with van der Waals surface area (Å²) in [5.41, 5.74) is 0. The van der Waals surface area contributed by atoms with Crippen LogP contribution in [0.1, 0.15) is 58.8 Å². The second-order valence-corrected chi connectivity index (χ2v) is 5.78. The van der Waals surface area contributed by atoms with Crippen LogP contribution < -0.4 is 0 Å². The average molecular weight is 241 g/mol. The van der Waals surface area contributed by atoms with Crippen LogP contribution in [-0.4, -0.2) is 41.0 Å². The van der Waals surface area contributed by atoms with E-state index in [0.717, 1.165) is 26.0 Å². The molecule has 1 N–H and O–H groups in total. The van der Waals surface area contributed by atoms with E-state index in [1.807, 2.05) is 0 Å². The molecule has 4 atom stereocenters. The van der Waals surface area contributed by atoms with Crippen LogP contribution >= 0.6 is 0 Å². The lowest BCUT2D eigenvalue weighted by atomic mass is 9.87. The molecule has 0 aromatic carbocycles. The zero-order chi connectivity index (χ0) is 12.3. The standard InChI is InChI=1S/C14H27NO2/c1-3-4-5-6-12-8-14(16)9-13-7-11(2)17-10-15(12)13/h11-14,16H,3-10H2,1-2H3/t11-,12+,13-,14-/m0/s1. The van der Waals surface area contributed by atoms with Crippen LogP contribution in [0.5, 0.6) is 0 Å². The SMILES string of the molecule is CCCCC[C@@H]1C[C@H](O)C[C@@H]2C[C@H](C)OCN12. The minimum Gasteiger partial charge on any atom is -0.393 e. The third-order valence-corrected chi connectivity index (χ3v) is 4.28. The normalized spacial score (nSPS) is 39.0. The number of unbranched alkanes of at least 4 members (excludes halogenated alkanes) is 2. The fourth-order valence-corrected chi connectivity index (χ4v) is 3.31. The summed E-state index contributed by atoms with van der Waals surface area (Å²) in [6, 6.07) is 1.09. The zero-order valence-corrected chi connectivity index (χ0v) is 11.3. The van der Waals surface area contributed by atoms with Gasteiger partial charge < -0.3 is 9.84 Å². The average Bonchev–Trinajstić information content (AvgIpc) is 2.28. The van der Waals surface area contributed by atoms with Gasteiger partial charge in [0.25, 0.3) is 0 Å². The van der Waals surface area contributed by atoms with Crippen LogP contribution in [0, 0.1) is 0 Å². The first kappa shape index (κ1) is 13.3. The van der Waals surface area contributed by atoms with Crippen molar-refractivity contribution in [3.8, 4) is 0 Å². The van der Waals surface area contributed by atoms with Gasteiger partial charge >= 0.3 is 0 Å². The molecule has 17 heavy (non-hydrogen) atoms. The van der Waals surface area contributed by atoms with Crippen LogP contribution in [0.25, 0.3) is 0 Å². The van der Waals surface area contributed by atoms with E-state index >= 15 is 0 Å². The van der Waals surface area contributed by atoms with Crippen molar-refractivity contribution in [2.75, 3.05) is 6.73 Å². The molecule has 2 heterocycles. The minimum absolute atomic E-state index is 0.0897. The number of hydrogen-bond donors (Lipinski definition) is 1.